The zero-order valence-corrected chi connectivity index (χ0v) is 22.6. The van der Waals surface area contributed by atoms with Crippen molar-refractivity contribution in [2.75, 3.05) is 19.5 Å². The standard InChI is InChI=1S/C26H25N5O5.C2H4O2/c1-13(2)15-7-16(25(33)34)9-17(8-15)30-22-18-6-5-14(10-21(18)28-12-20(22)23(27)32)19-11-29-26(36-4)31-24(19)35-3;1-2(3)4/h5-13H,1-4H3,(H2,27,32)(H,28,30)(H,33,34);1H3,(H,3,4). The lowest BCUT2D eigenvalue weighted by molar-refractivity contribution is -0.134. The largest absolute Gasteiger partial charge is 0.481 e. The SMILES string of the molecule is CC(=O)O.COc1ncc(-c2ccc3c(Nc4cc(C(=O)O)cc(C(C)C)c4)c(C(N)=O)cnc3c2)c(OC)n1. The van der Waals surface area contributed by atoms with E-state index >= 15 is 0 Å². The number of nitrogens with two attached hydrogens (primary N) is 1. The van der Waals surface area contributed by atoms with Crippen LogP contribution in [0.25, 0.3) is 22.0 Å². The molecule has 12 heteroatoms. The quantitative estimate of drug-likeness (QED) is 0.244. The fourth-order valence-corrected chi connectivity index (χ4v) is 3.81. The minimum Gasteiger partial charge on any atom is -0.481 e. The summed E-state index contributed by atoms with van der Waals surface area (Å²) in [4.78, 5) is 45.8. The predicted octanol–water partition coefficient (Wildman–Crippen LogP) is 4.46. The Morgan fingerprint density at radius 2 is 1.68 bits per heavy atom. The highest BCUT2D eigenvalue weighted by Gasteiger charge is 2.18. The van der Waals surface area contributed by atoms with E-state index in [2.05, 4.69) is 20.3 Å². The highest BCUT2D eigenvalue weighted by atomic mass is 16.5. The highest BCUT2D eigenvalue weighted by molar-refractivity contribution is 6.08. The lowest BCUT2D eigenvalue weighted by Gasteiger charge is -2.16. The maximum Gasteiger partial charge on any atom is 0.335 e. The molecular formula is C28H29N5O7. The number of hydrogen-bond donors (Lipinski definition) is 4. The Morgan fingerprint density at radius 3 is 2.25 bits per heavy atom. The number of rotatable bonds is 8. The Bertz CT molecular complexity index is 1580. The maximum atomic E-state index is 12.2. The van der Waals surface area contributed by atoms with Crippen molar-refractivity contribution < 1.29 is 34.1 Å². The molecule has 0 spiro atoms. The Hall–Kier alpha value is -5.26. The number of aliphatic carboxylic acids is 1. The number of methoxy groups -OCH3 is 2. The van der Waals surface area contributed by atoms with Crippen LogP contribution < -0.4 is 20.5 Å². The van der Waals surface area contributed by atoms with Gasteiger partial charge in [-0.15, -0.1) is 0 Å². The summed E-state index contributed by atoms with van der Waals surface area (Å²) in [5.41, 5.74) is 9.67. The minimum absolute atomic E-state index is 0.0962. The van der Waals surface area contributed by atoms with Gasteiger partial charge < -0.3 is 30.7 Å². The molecule has 2 aromatic carbocycles. The maximum absolute atomic E-state index is 12.2. The van der Waals surface area contributed by atoms with Gasteiger partial charge in [-0.05, 0) is 41.3 Å². The third-order valence-electron chi connectivity index (χ3n) is 5.69. The molecular weight excluding hydrogens is 518 g/mol. The number of carbonyl (C=O) groups excluding carboxylic acids is 1. The summed E-state index contributed by atoms with van der Waals surface area (Å²) in [5.74, 6) is -2.12. The molecule has 0 aliphatic heterocycles. The molecule has 0 fully saturated rings. The monoisotopic (exact) mass is 547 g/mol. The van der Waals surface area contributed by atoms with Crippen molar-refractivity contribution in [1.82, 2.24) is 15.0 Å². The van der Waals surface area contributed by atoms with Gasteiger partial charge in [0.15, 0.2) is 0 Å². The highest BCUT2D eigenvalue weighted by Crippen LogP contribution is 2.35. The molecule has 2 heterocycles. The van der Waals surface area contributed by atoms with Crippen molar-refractivity contribution in [1.29, 1.82) is 0 Å². The molecule has 12 nitrogen and oxygen atoms in total. The summed E-state index contributed by atoms with van der Waals surface area (Å²) in [7, 11) is 2.97. The predicted molar refractivity (Wildman–Crippen MR) is 148 cm³/mol. The van der Waals surface area contributed by atoms with Crippen LogP contribution in [0.15, 0.2) is 48.8 Å². The zero-order valence-electron chi connectivity index (χ0n) is 22.6. The summed E-state index contributed by atoms with van der Waals surface area (Å²) in [6.07, 6.45) is 2.98. The van der Waals surface area contributed by atoms with E-state index in [-0.39, 0.29) is 23.1 Å². The molecule has 5 N–H and O–H groups in total. The number of aromatic nitrogens is 3. The number of fused-ring (bicyclic) bond motifs is 1. The summed E-state index contributed by atoms with van der Waals surface area (Å²) in [6.45, 7) is 5.03. The van der Waals surface area contributed by atoms with Gasteiger partial charge >= 0.3 is 12.0 Å². The van der Waals surface area contributed by atoms with Crippen molar-refractivity contribution >= 4 is 40.1 Å². The first-order valence-corrected chi connectivity index (χ1v) is 12.0. The third kappa shape index (κ3) is 6.78. The van der Waals surface area contributed by atoms with E-state index in [4.69, 9.17) is 25.1 Å². The van der Waals surface area contributed by atoms with Gasteiger partial charge in [0.1, 0.15) is 0 Å². The lowest BCUT2D eigenvalue weighted by Crippen LogP contribution is -2.14. The topological polar surface area (TPSA) is 187 Å². The molecule has 40 heavy (non-hydrogen) atoms. The molecule has 2 aromatic heterocycles. The first-order valence-electron chi connectivity index (χ1n) is 12.0. The number of pyridine rings is 1. The number of benzene rings is 2. The number of carboxylic acid groups (broad SMARTS) is 2. The molecule has 0 aliphatic carbocycles. The minimum atomic E-state index is -1.05. The summed E-state index contributed by atoms with van der Waals surface area (Å²) >= 11 is 0. The van der Waals surface area contributed by atoms with E-state index in [1.807, 2.05) is 32.0 Å². The van der Waals surface area contributed by atoms with Crippen LogP contribution in [-0.2, 0) is 4.79 Å². The van der Waals surface area contributed by atoms with Crippen LogP contribution in [0.2, 0.25) is 0 Å². The Kier molecular flexibility index (Phi) is 9.17. The molecule has 208 valence electrons. The molecule has 0 bridgehead atoms. The van der Waals surface area contributed by atoms with Crippen LogP contribution in [0.5, 0.6) is 11.9 Å². The second-order valence-electron chi connectivity index (χ2n) is 8.87. The Labute approximate surface area is 229 Å². The van der Waals surface area contributed by atoms with Crippen LogP contribution >= 0.6 is 0 Å². The third-order valence-corrected chi connectivity index (χ3v) is 5.69. The summed E-state index contributed by atoms with van der Waals surface area (Å²) in [6, 6.07) is 10.6. The van der Waals surface area contributed by atoms with E-state index in [1.54, 1.807) is 18.3 Å². The number of primary amides is 1. The van der Waals surface area contributed by atoms with Crippen molar-refractivity contribution in [3.63, 3.8) is 0 Å². The van der Waals surface area contributed by atoms with Crippen LogP contribution in [-0.4, -0.2) is 57.2 Å². The number of amides is 1. The van der Waals surface area contributed by atoms with Gasteiger partial charge in [-0.2, -0.15) is 4.98 Å². The smallest absolute Gasteiger partial charge is 0.335 e. The molecule has 0 saturated heterocycles. The van der Waals surface area contributed by atoms with Crippen molar-refractivity contribution in [3.8, 4) is 23.0 Å². The van der Waals surface area contributed by atoms with E-state index in [0.29, 0.717) is 33.7 Å². The van der Waals surface area contributed by atoms with Gasteiger partial charge in [0.05, 0.1) is 42.1 Å². The Morgan fingerprint density at radius 1 is 0.975 bits per heavy atom. The second kappa shape index (κ2) is 12.5. The van der Waals surface area contributed by atoms with Crippen LogP contribution in [0.4, 0.5) is 11.4 Å². The molecule has 4 rings (SSSR count). The van der Waals surface area contributed by atoms with Gasteiger partial charge in [-0.25, -0.2) is 9.78 Å². The first kappa shape index (κ1) is 29.3. The number of carboxylic acids is 2. The van der Waals surface area contributed by atoms with E-state index in [1.165, 1.54) is 26.5 Å². The van der Waals surface area contributed by atoms with Gasteiger partial charge in [0.25, 0.3) is 11.9 Å². The second-order valence-corrected chi connectivity index (χ2v) is 8.87. The lowest BCUT2D eigenvalue weighted by atomic mass is 9.99. The van der Waals surface area contributed by atoms with E-state index < -0.39 is 17.8 Å². The van der Waals surface area contributed by atoms with Crippen molar-refractivity contribution in [2.45, 2.75) is 26.7 Å². The first-order chi connectivity index (χ1) is 18.9. The number of ether oxygens (including phenoxy) is 2. The molecule has 0 unspecified atom stereocenters. The average molecular weight is 548 g/mol. The Balaban J connectivity index is 0.00000103. The van der Waals surface area contributed by atoms with Gasteiger partial charge in [0.2, 0.25) is 5.88 Å². The summed E-state index contributed by atoms with van der Waals surface area (Å²) in [5, 5.41) is 20.8. The number of carbonyl (C=O) groups is 3. The molecule has 0 saturated carbocycles. The normalized spacial score (nSPS) is 10.4. The molecule has 0 atom stereocenters. The molecule has 4 aromatic rings. The van der Waals surface area contributed by atoms with Gasteiger partial charge in [-0.3, -0.25) is 14.6 Å². The number of hydrogen-bond acceptors (Lipinski definition) is 9. The average Bonchev–Trinajstić information content (AvgIpc) is 2.91. The van der Waals surface area contributed by atoms with Crippen LogP contribution in [0, 0.1) is 0 Å². The number of aromatic carboxylic acids is 1. The molecule has 0 radical (unpaired) electrons. The van der Waals surface area contributed by atoms with Gasteiger partial charge in [0, 0.05) is 30.4 Å². The molecule has 0 aliphatic rings. The number of nitrogens with zero attached hydrogens (tertiary/aromatic N) is 3. The molecule has 1 amide bonds. The number of nitrogens with one attached hydrogen (secondary N) is 1. The van der Waals surface area contributed by atoms with Crippen molar-refractivity contribution in [3.05, 3.63) is 65.5 Å². The van der Waals surface area contributed by atoms with Crippen LogP contribution in [0.1, 0.15) is 53.0 Å². The van der Waals surface area contributed by atoms with Crippen LogP contribution in [0.3, 0.4) is 0 Å². The fraction of sp³-hybridized carbons (Fsp3) is 0.214. The van der Waals surface area contributed by atoms with E-state index in [0.717, 1.165) is 18.1 Å². The van der Waals surface area contributed by atoms with Crippen molar-refractivity contribution in [2.24, 2.45) is 5.73 Å². The fourth-order valence-electron chi connectivity index (χ4n) is 3.81. The summed E-state index contributed by atoms with van der Waals surface area (Å²) < 4.78 is 10.5. The number of anilines is 2. The van der Waals surface area contributed by atoms with Gasteiger partial charge in [-0.1, -0.05) is 26.0 Å². The van der Waals surface area contributed by atoms with E-state index in [9.17, 15) is 14.7 Å². The zero-order chi connectivity index (χ0) is 29.6.